The van der Waals surface area contributed by atoms with E-state index in [-0.39, 0.29) is 5.92 Å². The minimum atomic E-state index is -1.13. The van der Waals surface area contributed by atoms with Crippen LogP contribution in [0, 0.1) is 5.92 Å². The van der Waals surface area contributed by atoms with Crippen LogP contribution in [-0.2, 0) is 9.59 Å². The van der Waals surface area contributed by atoms with E-state index in [2.05, 4.69) is 5.32 Å². The van der Waals surface area contributed by atoms with Crippen molar-refractivity contribution in [1.29, 1.82) is 0 Å². The highest BCUT2D eigenvalue weighted by atomic mass is 16.4. The molecule has 3 amide bonds. The van der Waals surface area contributed by atoms with E-state index in [1.807, 2.05) is 0 Å². The molecular weight excluding hydrogens is 214 g/mol. The lowest BCUT2D eigenvalue weighted by molar-refractivity contribution is -0.137. The van der Waals surface area contributed by atoms with Gasteiger partial charge in [0, 0.05) is 7.05 Å². The minimum Gasteiger partial charge on any atom is -0.480 e. The second-order valence-electron chi connectivity index (χ2n) is 3.82. The van der Waals surface area contributed by atoms with Gasteiger partial charge in [-0.05, 0) is 5.92 Å². The molecule has 0 bridgehead atoms. The number of primary amides is 1. The summed E-state index contributed by atoms with van der Waals surface area (Å²) in [6.07, 6.45) is 0. The van der Waals surface area contributed by atoms with Gasteiger partial charge in [0.2, 0.25) is 5.91 Å². The highest BCUT2D eigenvalue weighted by Gasteiger charge is 2.23. The number of carboxylic acids is 1. The van der Waals surface area contributed by atoms with Gasteiger partial charge in [-0.3, -0.25) is 9.59 Å². The van der Waals surface area contributed by atoms with Gasteiger partial charge in [0.25, 0.3) is 0 Å². The van der Waals surface area contributed by atoms with Crippen LogP contribution in [0.25, 0.3) is 0 Å². The lowest BCUT2D eigenvalue weighted by Crippen LogP contribution is -2.52. The number of carbonyl (C=O) groups excluding carboxylic acids is 2. The summed E-state index contributed by atoms with van der Waals surface area (Å²) in [6, 6.07) is -1.44. The number of likely N-dealkylation sites (N-methyl/N-ethyl adjacent to an activating group) is 1. The summed E-state index contributed by atoms with van der Waals surface area (Å²) in [5.41, 5.74) is 5.10. The third kappa shape index (κ3) is 4.63. The first kappa shape index (κ1) is 14.2. The zero-order valence-corrected chi connectivity index (χ0v) is 9.56. The Morgan fingerprint density at radius 3 is 2.19 bits per heavy atom. The van der Waals surface area contributed by atoms with Crippen molar-refractivity contribution >= 4 is 17.9 Å². The number of rotatable bonds is 5. The molecule has 4 N–H and O–H groups in total. The summed E-state index contributed by atoms with van der Waals surface area (Å²) in [7, 11) is 1.32. The van der Waals surface area contributed by atoms with Crippen molar-refractivity contribution in [2.24, 2.45) is 11.7 Å². The van der Waals surface area contributed by atoms with Gasteiger partial charge in [0.1, 0.15) is 12.6 Å². The van der Waals surface area contributed by atoms with Gasteiger partial charge in [0.15, 0.2) is 0 Å². The predicted octanol–water partition coefficient (Wildman–Crippen LogP) is -0.778. The summed E-state index contributed by atoms with van der Waals surface area (Å²) < 4.78 is 0. The molecule has 0 radical (unpaired) electrons. The Morgan fingerprint density at radius 1 is 1.38 bits per heavy atom. The fraction of sp³-hybridized carbons (Fsp3) is 0.667. The maximum Gasteiger partial charge on any atom is 0.323 e. The topological polar surface area (TPSA) is 113 Å². The van der Waals surface area contributed by atoms with Gasteiger partial charge >= 0.3 is 12.0 Å². The standard InChI is InChI=1S/C9H17N3O4/c1-5(2)7(8(10)15)11-9(16)12(3)4-6(13)14/h5,7H,4H2,1-3H3,(H2,10,15)(H,11,16)(H,13,14). The molecule has 0 saturated heterocycles. The van der Waals surface area contributed by atoms with E-state index in [1.54, 1.807) is 13.8 Å². The Kier molecular flexibility index (Phi) is 5.27. The molecule has 1 atom stereocenters. The molecule has 0 aliphatic carbocycles. The number of nitrogens with zero attached hydrogens (tertiary/aromatic N) is 1. The first-order valence-electron chi connectivity index (χ1n) is 4.78. The first-order chi connectivity index (χ1) is 7.25. The van der Waals surface area contributed by atoms with Gasteiger partial charge in [-0.1, -0.05) is 13.8 Å². The van der Waals surface area contributed by atoms with E-state index in [1.165, 1.54) is 7.05 Å². The van der Waals surface area contributed by atoms with Gasteiger partial charge in [-0.2, -0.15) is 0 Å². The lowest BCUT2D eigenvalue weighted by Gasteiger charge is -2.22. The summed E-state index contributed by atoms with van der Waals surface area (Å²) in [5.74, 6) is -1.93. The van der Waals surface area contributed by atoms with Crippen molar-refractivity contribution in [3.05, 3.63) is 0 Å². The molecule has 0 aliphatic rings. The molecule has 1 unspecified atom stereocenters. The highest BCUT2D eigenvalue weighted by Crippen LogP contribution is 2.01. The highest BCUT2D eigenvalue weighted by molar-refractivity contribution is 5.87. The van der Waals surface area contributed by atoms with Crippen molar-refractivity contribution in [3.8, 4) is 0 Å². The molecule has 92 valence electrons. The maximum absolute atomic E-state index is 11.4. The zero-order valence-electron chi connectivity index (χ0n) is 9.56. The van der Waals surface area contributed by atoms with E-state index in [4.69, 9.17) is 10.8 Å². The molecule has 16 heavy (non-hydrogen) atoms. The van der Waals surface area contributed by atoms with Crippen LogP contribution in [0.15, 0.2) is 0 Å². The summed E-state index contributed by atoms with van der Waals surface area (Å²) in [5, 5.41) is 10.8. The molecule has 0 rings (SSSR count). The van der Waals surface area contributed by atoms with Crippen molar-refractivity contribution in [3.63, 3.8) is 0 Å². The lowest BCUT2D eigenvalue weighted by atomic mass is 10.0. The Labute approximate surface area is 93.6 Å². The number of nitrogens with two attached hydrogens (primary N) is 1. The van der Waals surface area contributed by atoms with Crippen LogP contribution in [-0.4, -0.2) is 47.5 Å². The normalized spacial score (nSPS) is 12.0. The number of carbonyl (C=O) groups is 3. The Bertz CT molecular complexity index is 290. The van der Waals surface area contributed by atoms with Gasteiger partial charge < -0.3 is 21.1 Å². The smallest absolute Gasteiger partial charge is 0.323 e. The molecule has 0 saturated carbocycles. The minimum absolute atomic E-state index is 0.153. The van der Waals surface area contributed by atoms with Crippen LogP contribution < -0.4 is 11.1 Å². The monoisotopic (exact) mass is 231 g/mol. The molecule has 0 aromatic rings. The maximum atomic E-state index is 11.4. The fourth-order valence-electron chi connectivity index (χ4n) is 1.08. The van der Waals surface area contributed by atoms with Crippen LogP contribution in [0.1, 0.15) is 13.8 Å². The number of carboxylic acid groups (broad SMARTS) is 1. The third-order valence-corrected chi connectivity index (χ3v) is 1.97. The van der Waals surface area contributed by atoms with Crippen LogP contribution in [0.5, 0.6) is 0 Å². The Hall–Kier alpha value is -1.79. The van der Waals surface area contributed by atoms with E-state index in [9.17, 15) is 14.4 Å². The van der Waals surface area contributed by atoms with E-state index < -0.39 is 30.5 Å². The van der Waals surface area contributed by atoms with Gasteiger partial charge in [-0.15, -0.1) is 0 Å². The number of hydrogen-bond acceptors (Lipinski definition) is 3. The van der Waals surface area contributed by atoms with Crippen molar-refractivity contribution in [1.82, 2.24) is 10.2 Å². The Morgan fingerprint density at radius 2 is 1.88 bits per heavy atom. The zero-order chi connectivity index (χ0) is 12.9. The van der Waals surface area contributed by atoms with Crippen LogP contribution in [0.4, 0.5) is 4.79 Å². The van der Waals surface area contributed by atoms with Crippen molar-refractivity contribution in [2.45, 2.75) is 19.9 Å². The summed E-state index contributed by atoms with van der Waals surface area (Å²) in [4.78, 5) is 33.7. The molecular formula is C9H17N3O4. The number of urea groups is 1. The van der Waals surface area contributed by atoms with Gasteiger partial charge in [0.05, 0.1) is 0 Å². The second kappa shape index (κ2) is 5.94. The molecule has 0 heterocycles. The van der Waals surface area contributed by atoms with Gasteiger partial charge in [-0.25, -0.2) is 4.79 Å². The third-order valence-electron chi connectivity index (χ3n) is 1.97. The van der Waals surface area contributed by atoms with Crippen LogP contribution in [0.2, 0.25) is 0 Å². The predicted molar refractivity (Wildman–Crippen MR) is 56.6 cm³/mol. The molecule has 0 aromatic heterocycles. The summed E-state index contributed by atoms with van der Waals surface area (Å²) in [6.45, 7) is 3.02. The average molecular weight is 231 g/mol. The SMILES string of the molecule is CC(C)C(NC(=O)N(C)CC(=O)O)C(N)=O. The van der Waals surface area contributed by atoms with Crippen molar-refractivity contribution < 1.29 is 19.5 Å². The molecule has 0 aromatic carbocycles. The molecule has 7 nitrogen and oxygen atoms in total. The van der Waals surface area contributed by atoms with Crippen LogP contribution in [0.3, 0.4) is 0 Å². The molecule has 0 aliphatic heterocycles. The Balaban J connectivity index is 4.40. The molecule has 0 spiro atoms. The number of aliphatic carboxylic acids is 1. The van der Waals surface area contributed by atoms with E-state index in [0.717, 1.165) is 4.90 Å². The average Bonchev–Trinajstić information content (AvgIpc) is 2.11. The molecule has 0 fully saturated rings. The van der Waals surface area contributed by atoms with Crippen molar-refractivity contribution in [2.75, 3.05) is 13.6 Å². The quantitative estimate of drug-likeness (QED) is 0.576. The summed E-state index contributed by atoms with van der Waals surface area (Å²) >= 11 is 0. The largest absolute Gasteiger partial charge is 0.480 e. The molecule has 7 heteroatoms. The number of amides is 3. The van der Waals surface area contributed by atoms with Crippen LogP contribution >= 0.6 is 0 Å². The first-order valence-corrected chi connectivity index (χ1v) is 4.78. The number of nitrogens with one attached hydrogen (secondary N) is 1. The van der Waals surface area contributed by atoms with E-state index in [0.29, 0.717) is 0 Å². The van der Waals surface area contributed by atoms with E-state index >= 15 is 0 Å². The fourth-order valence-corrected chi connectivity index (χ4v) is 1.08. The number of hydrogen-bond donors (Lipinski definition) is 3. The second-order valence-corrected chi connectivity index (χ2v) is 3.82.